The number of alkyl halides is 1. The van der Waals surface area contributed by atoms with Crippen LogP contribution in [0.3, 0.4) is 0 Å². The van der Waals surface area contributed by atoms with Crippen LogP contribution in [0.4, 0.5) is 4.39 Å². The molecule has 0 saturated carbocycles. The number of phenolic OH excluding ortho intramolecular Hbond substituents is 1. The maximum atomic E-state index is 12.3. The SMILES string of the molecule is Oc1ccc2c(c1)CCCC(Br)=C2c1cnc(O[C@H]2CCN(CCCF)C2)nc1. The number of aromatic hydroxyl groups is 1. The summed E-state index contributed by atoms with van der Waals surface area (Å²) in [6, 6.07) is 5.90. The van der Waals surface area contributed by atoms with E-state index in [1.807, 2.05) is 12.1 Å². The van der Waals surface area contributed by atoms with Crippen LogP contribution in [0.25, 0.3) is 5.57 Å². The Morgan fingerprint density at radius 3 is 2.86 bits per heavy atom. The van der Waals surface area contributed by atoms with Crippen molar-refractivity contribution in [2.75, 3.05) is 26.3 Å². The zero-order valence-corrected chi connectivity index (χ0v) is 17.9. The molecule has 1 aromatic carbocycles. The first-order chi connectivity index (χ1) is 14.1. The van der Waals surface area contributed by atoms with Gasteiger partial charge in [-0.2, -0.15) is 0 Å². The molecule has 0 radical (unpaired) electrons. The Hall–Kier alpha value is -1.99. The van der Waals surface area contributed by atoms with Crippen LogP contribution in [0.2, 0.25) is 0 Å². The summed E-state index contributed by atoms with van der Waals surface area (Å²) in [4.78, 5) is 11.1. The number of hydrogen-bond donors (Lipinski definition) is 1. The Bertz CT molecular complexity index is 888. The molecule has 154 valence electrons. The molecule has 29 heavy (non-hydrogen) atoms. The fraction of sp³-hybridized carbons (Fsp3) is 0.455. The normalized spacial score (nSPS) is 19.9. The lowest BCUT2D eigenvalue weighted by molar-refractivity contribution is 0.183. The van der Waals surface area contributed by atoms with E-state index < -0.39 is 0 Å². The van der Waals surface area contributed by atoms with Crippen molar-refractivity contribution in [2.24, 2.45) is 0 Å². The molecule has 1 aliphatic heterocycles. The van der Waals surface area contributed by atoms with Crippen molar-refractivity contribution in [1.82, 2.24) is 14.9 Å². The first-order valence-electron chi connectivity index (χ1n) is 10.1. The highest BCUT2D eigenvalue weighted by Crippen LogP contribution is 2.38. The molecule has 1 aliphatic carbocycles. The van der Waals surface area contributed by atoms with E-state index in [0.29, 0.717) is 18.2 Å². The number of allylic oxidation sites excluding steroid dienone is 1. The number of nitrogens with zero attached hydrogens (tertiary/aromatic N) is 3. The number of rotatable bonds is 6. The van der Waals surface area contributed by atoms with Gasteiger partial charge in [0.05, 0.1) is 6.67 Å². The van der Waals surface area contributed by atoms with Crippen LogP contribution in [0, 0.1) is 0 Å². The fourth-order valence-corrected chi connectivity index (χ4v) is 4.81. The molecule has 1 saturated heterocycles. The Morgan fingerprint density at radius 1 is 1.24 bits per heavy atom. The number of halogens is 2. The van der Waals surface area contributed by atoms with Crippen molar-refractivity contribution < 1.29 is 14.2 Å². The summed E-state index contributed by atoms with van der Waals surface area (Å²) in [6.07, 6.45) is 8.00. The first kappa shape index (κ1) is 20.3. The molecule has 7 heteroatoms. The van der Waals surface area contributed by atoms with Crippen molar-refractivity contribution in [2.45, 2.75) is 38.2 Å². The van der Waals surface area contributed by atoms with E-state index in [-0.39, 0.29) is 12.8 Å². The van der Waals surface area contributed by atoms with E-state index in [1.54, 1.807) is 18.5 Å². The lowest BCUT2D eigenvalue weighted by Crippen LogP contribution is -2.26. The van der Waals surface area contributed by atoms with Crippen LogP contribution in [0.5, 0.6) is 11.8 Å². The van der Waals surface area contributed by atoms with Gasteiger partial charge in [-0.3, -0.25) is 9.29 Å². The number of aryl methyl sites for hydroxylation is 1. The zero-order chi connectivity index (χ0) is 20.2. The average Bonchev–Trinajstić information content (AvgIpc) is 3.09. The molecule has 1 fully saturated rings. The topological polar surface area (TPSA) is 58.5 Å². The summed E-state index contributed by atoms with van der Waals surface area (Å²) >= 11 is 3.74. The van der Waals surface area contributed by atoms with Gasteiger partial charge in [-0.05, 0) is 55.4 Å². The van der Waals surface area contributed by atoms with Gasteiger partial charge in [-0.1, -0.05) is 22.0 Å². The van der Waals surface area contributed by atoms with Crippen LogP contribution < -0.4 is 4.74 Å². The Labute approximate surface area is 178 Å². The van der Waals surface area contributed by atoms with Gasteiger partial charge in [-0.25, -0.2) is 9.97 Å². The van der Waals surface area contributed by atoms with Crippen molar-refractivity contribution in [1.29, 1.82) is 0 Å². The number of benzene rings is 1. The number of likely N-dealkylation sites (tertiary alicyclic amines) is 1. The molecule has 2 aliphatic rings. The van der Waals surface area contributed by atoms with Crippen LogP contribution in [-0.2, 0) is 6.42 Å². The number of aromatic nitrogens is 2. The third-order valence-corrected chi connectivity index (χ3v) is 6.29. The highest BCUT2D eigenvalue weighted by molar-refractivity contribution is 9.11. The number of ether oxygens (including phenoxy) is 1. The molecule has 0 amide bonds. The number of phenols is 1. The molecule has 2 aromatic rings. The van der Waals surface area contributed by atoms with Crippen LogP contribution in [0.15, 0.2) is 35.1 Å². The average molecular weight is 462 g/mol. The number of hydrogen-bond acceptors (Lipinski definition) is 5. The molecular weight excluding hydrogens is 437 g/mol. The quantitative estimate of drug-likeness (QED) is 0.686. The van der Waals surface area contributed by atoms with Gasteiger partial charge in [0.25, 0.3) is 0 Å². The molecular formula is C22H25BrFN3O2. The van der Waals surface area contributed by atoms with Crippen LogP contribution in [0.1, 0.15) is 42.4 Å². The Kier molecular flexibility index (Phi) is 6.45. The molecule has 0 bridgehead atoms. The lowest BCUT2D eigenvalue weighted by atomic mass is 9.95. The van der Waals surface area contributed by atoms with Crippen molar-refractivity contribution in [3.8, 4) is 11.8 Å². The Morgan fingerprint density at radius 2 is 2.07 bits per heavy atom. The second-order valence-corrected chi connectivity index (χ2v) is 8.56. The molecule has 4 rings (SSSR count). The minimum absolute atomic E-state index is 0.0491. The predicted octanol–water partition coefficient (Wildman–Crippen LogP) is 4.49. The van der Waals surface area contributed by atoms with E-state index in [0.717, 1.165) is 72.1 Å². The van der Waals surface area contributed by atoms with Gasteiger partial charge in [0, 0.05) is 47.6 Å². The summed E-state index contributed by atoms with van der Waals surface area (Å²) < 4.78 is 19.4. The Balaban J connectivity index is 1.50. The smallest absolute Gasteiger partial charge is 0.316 e. The van der Waals surface area contributed by atoms with E-state index in [4.69, 9.17) is 4.74 Å². The largest absolute Gasteiger partial charge is 0.508 e. The maximum absolute atomic E-state index is 12.3. The third kappa shape index (κ3) is 4.78. The van der Waals surface area contributed by atoms with E-state index in [9.17, 15) is 9.50 Å². The van der Waals surface area contributed by atoms with Crippen molar-refractivity contribution >= 4 is 21.5 Å². The summed E-state index contributed by atoms with van der Waals surface area (Å²) in [7, 11) is 0. The lowest BCUT2D eigenvalue weighted by Gasteiger charge is -2.16. The molecule has 1 aromatic heterocycles. The van der Waals surface area contributed by atoms with Crippen LogP contribution >= 0.6 is 15.9 Å². The van der Waals surface area contributed by atoms with Crippen molar-refractivity contribution in [3.05, 3.63) is 51.8 Å². The second kappa shape index (κ2) is 9.22. The summed E-state index contributed by atoms with van der Waals surface area (Å²) in [5.74, 6) is 0.290. The molecule has 0 spiro atoms. The standard InChI is InChI=1S/C22H25BrFN3O2/c23-20-4-1-3-15-11-17(28)5-6-19(15)21(20)16-12-25-22(26-13-16)29-18-7-10-27(14-18)9-2-8-24/h5-6,11-13,18,28H,1-4,7-10,14H2/t18-/m0/s1. The first-order valence-corrected chi connectivity index (χ1v) is 10.9. The molecule has 1 atom stereocenters. The zero-order valence-electron chi connectivity index (χ0n) is 16.3. The van der Waals surface area contributed by atoms with Gasteiger partial charge in [0.1, 0.15) is 11.9 Å². The predicted molar refractivity (Wildman–Crippen MR) is 114 cm³/mol. The molecule has 5 nitrogen and oxygen atoms in total. The third-order valence-electron chi connectivity index (χ3n) is 5.50. The van der Waals surface area contributed by atoms with Gasteiger partial charge < -0.3 is 9.84 Å². The van der Waals surface area contributed by atoms with Crippen molar-refractivity contribution in [3.63, 3.8) is 0 Å². The summed E-state index contributed by atoms with van der Waals surface area (Å²) in [6.45, 7) is 2.21. The summed E-state index contributed by atoms with van der Waals surface area (Å²) in [5, 5.41) is 9.85. The van der Waals surface area contributed by atoms with Gasteiger partial charge in [0.2, 0.25) is 0 Å². The number of fused-ring (bicyclic) bond motifs is 1. The van der Waals surface area contributed by atoms with Gasteiger partial charge in [0.15, 0.2) is 0 Å². The monoisotopic (exact) mass is 461 g/mol. The highest BCUT2D eigenvalue weighted by Gasteiger charge is 2.24. The second-order valence-electron chi connectivity index (χ2n) is 7.60. The van der Waals surface area contributed by atoms with E-state index in [1.165, 1.54) is 0 Å². The minimum atomic E-state index is -0.277. The van der Waals surface area contributed by atoms with E-state index in [2.05, 4.69) is 30.8 Å². The minimum Gasteiger partial charge on any atom is -0.508 e. The highest BCUT2D eigenvalue weighted by atomic mass is 79.9. The van der Waals surface area contributed by atoms with E-state index >= 15 is 0 Å². The fourth-order valence-electron chi connectivity index (χ4n) is 4.08. The van der Waals surface area contributed by atoms with Gasteiger partial charge in [-0.15, -0.1) is 0 Å². The molecule has 1 N–H and O–H groups in total. The van der Waals surface area contributed by atoms with Crippen LogP contribution in [-0.4, -0.2) is 52.4 Å². The summed E-state index contributed by atoms with van der Waals surface area (Å²) in [5.41, 5.74) is 4.23. The maximum Gasteiger partial charge on any atom is 0.316 e. The van der Waals surface area contributed by atoms with Gasteiger partial charge >= 0.3 is 6.01 Å². The molecule has 0 unspecified atom stereocenters. The molecule has 2 heterocycles.